The second-order valence-corrected chi connectivity index (χ2v) is 3.20. The number of nitrogens with zero attached hydrogens (tertiary/aromatic N) is 3. The average molecular weight is 201 g/mol. The minimum Gasteiger partial charge on any atom is -0.307 e. The van der Waals surface area contributed by atoms with Crippen LogP contribution in [0.2, 0.25) is 0 Å². The maximum Gasteiger partial charge on any atom is 0.162 e. The molecule has 2 rings (SSSR count). The molecule has 2 heterocycles. The van der Waals surface area contributed by atoms with E-state index in [1.807, 2.05) is 19.1 Å². The van der Waals surface area contributed by atoms with Crippen molar-refractivity contribution in [3.05, 3.63) is 36.2 Å². The van der Waals surface area contributed by atoms with E-state index in [-0.39, 0.29) is 0 Å². The molecule has 2 aromatic rings. The van der Waals surface area contributed by atoms with Gasteiger partial charge in [-0.25, -0.2) is 5.84 Å². The molecule has 0 aliphatic rings. The number of anilines is 1. The number of rotatable bonds is 2. The molecule has 0 saturated heterocycles. The number of hydrogen-bond acceptors (Lipinski definition) is 5. The van der Waals surface area contributed by atoms with Crippen LogP contribution in [0.25, 0.3) is 11.3 Å². The summed E-state index contributed by atoms with van der Waals surface area (Å²) in [5.74, 6) is 5.74. The van der Waals surface area contributed by atoms with E-state index in [2.05, 4.69) is 20.6 Å². The van der Waals surface area contributed by atoms with Gasteiger partial charge in [0.05, 0.1) is 5.69 Å². The molecule has 0 aliphatic heterocycles. The van der Waals surface area contributed by atoms with Crippen LogP contribution in [0.3, 0.4) is 0 Å². The van der Waals surface area contributed by atoms with Crippen LogP contribution in [0.5, 0.6) is 0 Å². The van der Waals surface area contributed by atoms with E-state index in [4.69, 9.17) is 5.84 Å². The highest BCUT2D eigenvalue weighted by atomic mass is 15.3. The van der Waals surface area contributed by atoms with Crippen LogP contribution in [0.1, 0.15) is 5.56 Å². The van der Waals surface area contributed by atoms with E-state index in [0.717, 1.165) is 16.8 Å². The summed E-state index contributed by atoms with van der Waals surface area (Å²) in [6.07, 6.45) is 3.55. The van der Waals surface area contributed by atoms with Crippen LogP contribution in [-0.4, -0.2) is 15.2 Å². The van der Waals surface area contributed by atoms with Crippen molar-refractivity contribution in [2.75, 3.05) is 5.43 Å². The molecule has 0 aromatic carbocycles. The first kappa shape index (κ1) is 9.54. The predicted octanol–water partition coefficient (Wildman–Crippen LogP) is 1.13. The number of hydrazine groups is 1. The summed E-state index contributed by atoms with van der Waals surface area (Å²) in [5.41, 5.74) is 5.25. The molecule has 0 saturated carbocycles. The third-order valence-corrected chi connectivity index (χ3v) is 1.98. The van der Waals surface area contributed by atoms with Gasteiger partial charge in [-0.3, -0.25) is 4.98 Å². The second-order valence-electron chi connectivity index (χ2n) is 3.20. The lowest BCUT2D eigenvalue weighted by molar-refractivity contribution is 1.02. The Kier molecular flexibility index (Phi) is 2.55. The Labute approximate surface area is 87.3 Å². The summed E-state index contributed by atoms with van der Waals surface area (Å²) < 4.78 is 0. The molecular formula is C10H11N5. The Morgan fingerprint density at radius 2 is 2.07 bits per heavy atom. The number of aromatic nitrogens is 3. The molecule has 0 fully saturated rings. The molecule has 0 unspecified atom stereocenters. The summed E-state index contributed by atoms with van der Waals surface area (Å²) in [6, 6.07) is 5.62. The van der Waals surface area contributed by atoms with Gasteiger partial charge in [0.15, 0.2) is 5.82 Å². The third-order valence-electron chi connectivity index (χ3n) is 1.98. The van der Waals surface area contributed by atoms with Gasteiger partial charge in [0.2, 0.25) is 0 Å². The van der Waals surface area contributed by atoms with Gasteiger partial charge in [-0.1, -0.05) is 0 Å². The van der Waals surface area contributed by atoms with Gasteiger partial charge >= 0.3 is 0 Å². The van der Waals surface area contributed by atoms with Gasteiger partial charge in [0.1, 0.15) is 0 Å². The van der Waals surface area contributed by atoms with Crippen molar-refractivity contribution in [2.45, 2.75) is 6.92 Å². The fourth-order valence-electron chi connectivity index (χ4n) is 1.26. The summed E-state index contributed by atoms with van der Waals surface area (Å²) in [4.78, 5) is 4.10. The lowest BCUT2D eigenvalue weighted by Gasteiger charge is -2.01. The molecule has 3 N–H and O–H groups in total. The van der Waals surface area contributed by atoms with Crippen molar-refractivity contribution in [1.29, 1.82) is 0 Å². The largest absolute Gasteiger partial charge is 0.307 e. The summed E-state index contributed by atoms with van der Waals surface area (Å²) in [6.45, 7) is 1.99. The minimum atomic E-state index is 0.541. The van der Waals surface area contributed by atoms with Gasteiger partial charge < -0.3 is 5.43 Å². The summed E-state index contributed by atoms with van der Waals surface area (Å²) in [5, 5.41) is 7.92. The van der Waals surface area contributed by atoms with E-state index in [9.17, 15) is 0 Å². The molecule has 0 bridgehead atoms. The van der Waals surface area contributed by atoms with E-state index >= 15 is 0 Å². The van der Waals surface area contributed by atoms with E-state index in [1.165, 1.54) is 0 Å². The normalized spacial score (nSPS) is 10.0. The number of nitrogen functional groups attached to an aromatic ring is 1. The number of aryl methyl sites for hydroxylation is 1. The van der Waals surface area contributed by atoms with E-state index in [0.29, 0.717) is 5.82 Å². The fraction of sp³-hybridized carbons (Fsp3) is 0.100. The molecule has 0 spiro atoms. The molecule has 5 heteroatoms. The van der Waals surface area contributed by atoms with Crippen molar-refractivity contribution >= 4 is 5.82 Å². The Bertz CT molecular complexity index is 452. The molecule has 76 valence electrons. The first-order chi connectivity index (χ1) is 7.29. The SMILES string of the molecule is Cc1cncc(-c2ccc(NN)nn2)c1. The van der Waals surface area contributed by atoms with Crippen molar-refractivity contribution in [2.24, 2.45) is 5.84 Å². The zero-order valence-electron chi connectivity index (χ0n) is 8.31. The zero-order valence-corrected chi connectivity index (χ0v) is 8.31. The van der Waals surface area contributed by atoms with Gasteiger partial charge in [-0.2, -0.15) is 0 Å². The highest BCUT2D eigenvalue weighted by Crippen LogP contribution is 2.16. The summed E-state index contributed by atoms with van der Waals surface area (Å²) in [7, 11) is 0. The number of nitrogens with two attached hydrogens (primary N) is 1. The first-order valence-corrected chi connectivity index (χ1v) is 4.52. The Morgan fingerprint density at radius 3 is 2.67 bits per heavy atom. The average Bonchev–Trinajstić information content (AvgIpc) is 2.29. The zero-order chi connectivity index (χ0) is 10.7. The highest BCUT2D eigenvalue weighted by Gasteiger charge is 2.00. The topological polar surface area (TPSA) is 76.7 Å². The third kappa shape index (κ3) is 2.08. The number of pyridine rings is 1. The van der Waals surface area contributed by atoms with Crippen molar-refractivity contribution in [3.63, 3.8) is 0 Å². The van der Waals surface area contributed by atoms with E-state index in [1.54, 1.807) is 18.5 Å². The van der Waals surface area contributed by atoms with Gasteiger partial charge in [-0.05, 0) is 30.7 Å². The van der Waals surface area contributed by atoms with Crippen LogP contribution in [0.4, 0.5) is 5.82 Å². The van der Waals surface area contributed by atoms with Gasteiger partial charge in [0.25, 0.3) is 0 Å². The van der Waals surface area contributed by atoms with Crippen LogP contribution >= 0.6 is 0 Å². The molecule has 0 aliphatic carbocycles. The molecule has 2 aromatic heterocycles. The Hall–Kier alpha value is -2.01. The predicted molar refractivity (Wildman–Crippen MR) is 57.8 cm³/mol. The Balaban J connectivity index is 2.37. The molecule has 0 radical (unpaired) electrons. The molecule has 5 nitrogen and oxygen atoms in total. The van der Waals surface area contributed by atoms with Crippen LogP contribution in [0.15, 0.2) is 30.6 Å². The van der Waals surface area contributed by atoms with Gasteiger partial charge in [0, 0.05) is 18.0 Å². The maximum absolute atomic E-state index is 5.20. The van der Waals surface area contributed by atoms with Gasteiger partial charge in [-0.15, -0.1) is 10.2 Å². The first-order valence-electron chi connectivity index (χ1n) is 4.52. The molecule has 15 heavy (non-hydrogen) atoms. The molecule has 0 atom stereocenters. The van der Waals surface area contributed by atoms with Crippen LogP contribution < -0.4 is 11.3 Å². The van der Waals surface area contributed by atoms with Crippen LogP contribution in [0, 0.1) is 6.92 Å². The van der Waals surface area contributed by atoms with Crippen molar-refractivity contribution in [3.8, 4) is 11.3 Å². The lowest BCUT2D eigenvalue weighted by Crippen LogP contribution is -2.09. The number of nitrogens with one attached hydrogen (secondary N) is 1. The fourth-order valence-corrected chi connectivity index (χ4v) is 1.26. The standard InChI is InChI=1S/C10H11N5/c1-7-4-8(6-12-5-7)9-2-3-10(13-11)15-14-9/h2-6H,11H2,1H3,(H,13,15). The maximum atomic E-state index is 5.20. The van der Waals surface area contributed by atoms with E-state index < -0.39 is 0 Å². The van der Waals surface area contributed by atoms with Crippen molar-refractivity contribution < 1.29 is 0 Å². The summed E-state index contributed by atoms with van der Waals surface area (Å²) >= 11 is 0. The monoisotopic (exact) mass is 201 g/mol. The quantitative estimate of drug-likeness (QED) is 0.562. The second kappa shape index (κ2) is 4.02. The Morgan fingerprint density at radius 1 is 1.20 bits per heavy atom. The van der Waals surface area contributed by atoms with Crippen molar-refractivity contribution in [1.82, 2.24) is 15.2 Å². The molecular weight excluding hydrogens is 190 g/mol. The molecule has 0 amide bonds. The smallest absolute Gasteiger partial charge is 0.162 e. The highest BCUT2D eigenvalue weighted by molar-refractivity contribution is 5.58. The van der Waals surface area contributed by atoms with Crippen LogP contribution in [-0.2, 0) is 0 Å². The lowest BCUT2D eigenvalue weighted by atomic mass is 10.1. The minimum absolute atomic E-state index is 0.541. The number of hydrogen-bond donors (Lipinski definition) is 2.